The average molecular weight is 463 g/mol. The largest absolute Gasteiger partial charge is 0.464 e. The fourth-order valence-corrected chi connectivity index (χ4v) is 4.19. The van der Waals surface area contributed by atoms with Crippen LogP contribution in [0.15, 0.2) is 29.1 Å². The molecule has 1 aromatic carbocycles. The summed E-state index contributed by atoms with van der Waals surface area (Å²) in [7, 11) is 1.25. The van der Waals surface area contributed by atoms with Crippen molar-refractivity contribution in [2.24, 2.45) is 0 Å². The molecular formula is C20H16F3N5O3S. The minimum atomic E-state index is -4.69. The minimum Gasteiger partial charge on any atom is -0.464 e. The maximum Gasteiger partial charge on any atom is 0.418 e. The van der Waals surface area contributed by atoms with Crippen LogP contribution >= 0.6 is 11.3 Å². The van der Waals surface area contributed by atoms with Crippen LogP contribution in [-0.2, 0) is 10.9 Å². The molecule has 12 heteroatoms. The van der Waals surface area contributed by atoms with Crippen LogP contribution in [0.4, 0.5) is 18.9 Å². The van der Waals surface area contributed by atoms with Crippen LogP contribution < -0.4 is 10.9 Å². The number of methoxy groups -OCH3 is 1. The normalized spacial score (nSPS) is 12.8. The monoisotopic (exact) mass is 463 g/mol. The number of carbonyl (C=O) groups is 1. The van der Waals surface area contributed by atoms with E-state index in [1.165, 1.54) is 21.0 Å². The molecule has 2 N–H and O–H groups in total. The van der Waals surface area contributed by atoms with E-state index in [1.54, 1.807) is 18.2 Å². The molecule has 4 aromatic rings. The third-order valence-electron chi connectivity index (χ3n) is 4.68. The van der Waals surface area contributed by atoms with E-state index < -0.39 is 29.3 Å². The van der Waals surface area contributed by atoms with Crippen molar-refractivity contribution in [3.05, 3.63) is 56.7 Å². The van der Waals surface area contributed by atoms with Gasteiger partial charge in [-0.3, -0.25) is 4.79 Å². The number of alkyl halides is 3. The van der Waals surface area contributed by atoms with Crippen molar-refractivity contribution in [3.8, 4) is 0 Å². The molecule has 1 unspecified atom stereocenters. The Kier molecular flexibility index (Phi) is 5.33. The van der Waals surface area contributed by atoms with Gasteiger partial charge in [-0.25, -0.2) is 19.7 Å². The molecule has 3 heterocycles. The van der Waals surface area contributed by atoms with Crippen LogP contribution in [0.2, 0.25) is 0 Å². The van der Waals surface area contributed by atoms with Gasteiger partial charge in [0.05, 0.1) is 40.1 Å². The average Bonchev–Trinajstić information content (AvgIpc) is 3.15. The maximum atomic E-state index is 13.8. The number of rotatable bonds is 4. The van der Waals surface area contributed by atoms with Gasteiger partial charge in [-0.1, -0.05) is 0 Å². The number of hydrogen-bond acceptors (Lipinski definition) is 8. The number of thiazole rings is 1. The molecule has 0 aliphatic carbocycles. The van der Waals surface area contributed by atoms with Gasteiger partial charge in [-0.05, 0) is 38.1 Å². The van der Waals surface area contributed by atoms with E-state index in [4.69, 9.17) is 0 Å². The summed E-state index contributed by atoms with van der Waals surface area (Å²) in [5.41, 5.74) is -1.17. The van der Waals surface area contributed by atoms with Gasteiger partial charge in [0.15, 0.2) is 5.52 Å². The smallest absolute Gasteiger partial charge is 0.418 e. The molecule has 0 radical (unpaired) electrons. The fourth-order valence-electron chi connectivity index (χ4n) is 3.27. The summed E-state index contributed by atoms with van der Waals surface area (Å²) in [6, 6.07) is 4.88. The number of nitrogens with one attached hydrogen (secondary N) is 2. The zero-order chi connectivity index (χ0) is 23.2. The highest BCUT2D eigenvalue weighted by atomic mass is 32.1. The molecular weight excluding hydrogens is 447 g/mol. The third kappa shape index (κ3) is 4.00. The lowest BCUT2D eigenvalue weighted by Gasteiger charge is -2.20. The number of pyridine rings is 1. The lowest BCUT2D eigenvalue weighted by molar-refractivity contribution is -0.138. The summed E-state index contributed by atoms with van der Waals surface area (Å²) >= 11 is 1.10. The lowest BCUT2D eigenvalue weighted by Crippen LogP contribution is -2.20. The number of nitrogens with zero attached hydrogens (tertiary/aromatic N) is 3. The van der Waals surface area contributed by atoms with Crippen molar-refractivity contribution in [3.63, 3.8) is 0 Å². The highest BCUT2D eigenvalue weighted by molar-refractivity contribution is 7.20. The van der Waals surface area contributed by atoms with Crippen molar-refractivity contribution >= 4 is 44.2 Å². The number of fused-ring (bicyclic) bond motifs is 2. The maximum absolute atomic E-state index is 13.8. The van der Waals surface area contributed by atoms with Crippen LogP contribution in [0.5, 0.6) is 0 Å². The number of hydrogen-bond donors (Lipinski definition) is 2. The molecule has 0 saturated carbocycles. The Morgan fingerprint density at radius 1 is 1.19 bits per heavy atom. The molecule has 0 aliphatic heterocycles. The minimum absolute atomic E-state index is 0.129. The van der Waals surface area contributed by atoms with Crippen LogP contribution in [0.3, 0.4) is 0 Å². The number of anilines is 1. The van der Waals surface area contributed by atoms with Crippen LogP contribution in [-0.4, -0.2) is 33.0 Å². The second kappa shape index (κ2) is 7.86. The first-order chi connectivity index (χ1) is 15.1. The molecule has 32 heavy (non-hydrogen) atoms. The Labute approximate surface area is 182 Å². The number of halogens is 3. The van der Waals surface area contributed by atoms with Crippen molar-refractivity contribution in [2.45, 2.75) is 26.1 Å². The van der Waals surface area contributed by atoms with E-state index >= 15 is 0 Å². The molecule has 0 amide bonds. The Bertz CT molecular complexity index is 1410. The molecule has 3 aromatic heterocycles. The van der Waals surface area contributed by atoms with Gasteiger partial charge in [0.1, 0.15) is 5.82 Å². The topological polar surface area (TPSA) is 110 Å². The highest BCUT2D eigenvalue weighted by Gasteiger charge is 2.36. The number of aromatic amines is 1. The first-order valence-corrected chi connectivity index (χ1v) is 10.1. The van der Waals surface area contributed by atoms with Gasteiger partial charge in [-0.2, -0.15) is 13.2 Å². The fraction of sp³-hybridized carbons (Fsp3) is 0.250. The van der Waals surface area contributed by atoms with Crippen LogP contribution in [0.25, 0.3) is 21.3 Å². The molecule has 0 spiro atoms. The first-order valence-electron chi connectivity index (χ1n) is 9.31. The Morgan fingerprint density at radius 2 is 1.94 bits per heavy atom. The van der Waals surface area contributed by atoms with E-state index in [-0.39, 0.29) is 27.6 Å². The number of H-pyrrole nitrogens is 1. The molecule has 1 atom stereocenters. The second-order valence-corrected chi connectivity index (χ2v) is 8.03. The van der Waals surface area contributed by atoms with Gasteiger partial charge in [0, 0.05) is 5.69 Å². The number of carbonyl (C=O) groups excluding carboxylic acids is 1. The number of ether oxygens (including phenoxy) is 1. The van der Waals surface area contributed by atoms with Gasteiger partial charge in [0.2, 0.25) is 5.01 Å². The number of aromatic nitrogens is 4. The van der Waals surface area contributed by atoms with Gasteiger partial charge in [-0.15, -0.1) is 11.3 Å². The van der Waals surface area contributed by atoms with E-state index in [0.29, 0.717) is 15.9 Å². The molecule has 0 saturated heterocycles. The molecule has 0 aliphatic rings. The molecule has 8 nitrogen and oxygen atoms in total. The Balaban J connectivity index is 1.75. The summed E-state index contributed by atoms with van der Waals surface area (Å²) in [6.45, 7) is 2.99. The summed E-state index contributed by atoms with van der Waals surface area (Å²) < 4.78 is 46.6. The van der Waals surface area contributed by atoms with E-state index in [9.17, 15) is 22.8 Å². The first kappa shape index (κ1) is 21.7. The predicted molar refractivity (Wildman–Crippen MR) is 113 cm³/mol. The van der Waals surface area contributed by atoms with Crippen molar-refractivity contribution in [1.82, 2.24) is 19.9 Å². The van der Waals surface area contributed by atoms with Crippen molar-refractivity contribution < 1.29 is 22.7 Å². The van der Waals surface area contributed by atoms with Gasteiger partial charge in [0.25, 0.3) is 5.56 Å². The molecule has 0 bridgehead atoms. The SMILES string of the molecule is COC(=O)c1nc2ccc(NC(C)c3nc4c(=O)[nH]c(C)nc4cc3C(F)(F)F)cc2s1. The summed E-state index contributed by atoms with van der Waals surface area (Å²) in [6.07, 6.45) is -4.69. The number of esters is 1. The van der Waals surface area contributed by atoms with Crippen molar-refractivity contribution in [2.75, 3.05) is 12.4 Å². The standard InChI is InChI=1S/C20H16F3N5O3S/c1-8(24-10-4-5-12-14(6-10)32-18(27-12)19(30)31-3)15-11(20(21,22)23)7-13-16(28-15)17(29)26-9(2)25-13/h4-8,24H,1-3H3,(H,25,26,29). The summed E-state index contributed by atoms with van der Waals surface area (Å²) in [4.78, 5) is 38.5. The molecule has 4 rings (SSSR count). The van der Waals surface area contributed by atoms with Gasteiger partial charge < -0.3 is 15.0 Å². The third-order valence-corrected chi connectivity index (χ3v) is 5.67. The molecule has 166 valence electrons. The lowest BCUT2D eigenvalue weighted by atomic mass is 10.1. The quantitative estimate of drug-likeness (QED) is 0.436. The van der Waals surface area contributed by atoms with E-state index in [0.717, 1.165) is 17.4 Å². The van der Waals surface area contributed by atoms with Gasteiger partial charge >= 0.3 is 12.1 Å². The van der Waals surface area contributed by atoms with Crippen molar-refractivity contribution in [1.29, 1.82) is 0 Å². The zero-order valence-corrected chi connectivity index (χ0v) is 17.8. The number of benzene rings is 1. The highest BCUT2D eigenvalue weighted by Crippen LogP contribution is 2.36. The van der Waals surface area contributed by atoms with Crippen LogP contribution in [0, 0.1) is 6.92 Å². The van der Waals surface area contributed by atoms with E-state index in [1.807, 2.05) is 0 Å². The van der Waals surface area contributed by atoms with E-state index in [2.05, 4.69) is 30.0 Å². The molecule has 0 fully saturated rings. The summed E-state index contributed by atoms with van der Waals surface area (Å²) in [5.74, 6) is -0.376. The zero-order valence-electron chi connectivity index (χ0n) is 17.0. The number of aryl methyl sites for hydroxylation is 1. The summed E-state index contributed by atoms with van der Waals surface area (Å²) in [5, 5.41) is 3.15. The van der Waals surface area contributed by atoms with Crippen LogP contribution in [0.1, 0.15) is 39.8 Å². The second-order valence-electron chi connectivity index (χ2n) is 7.00. The predicted octanol–water partition coefficient (Wildman–Crippen LogP) is 4.21. The Morgan fingerprint density at radius 3 is 2.62 bits per heavy atom. The Hall–Kier alpha value is -3.54.